The van der Waals surface area contributed by atoms with Crippen molar-refractivity contribution in [3.63, 3.8) is 0 Å². The fourth-order valence-corrected chi connectivity index (χ4v) is 4.68. The molecule has 7 nitrogen and oxygen atoms in total. The lowest BCUT2D eigenvalue weighted by Crippen LogP contribution is -2.20. The first-order valence-corrected chi connectivity index (χ1v) is 10.6. The second-order valence-corrected chi connectivity index (χ2v) is 8.48. The van der Waals surface area contributed by atoms with E-state index in [9.17, 15) is 13.6 Å². The van der Waals surface area contributed by atoms with Gasteiger partial charge in [-0.25, -0.2) is 9.89 Å². The van der Waals surface area contributed by atoms with Crippen molar-refractivity contribution in [1.82, 2.24) is 14.8 Å². The Kier molecular flexibility index (Phi) is 5.24. The Labute approximate surface area is 184 Å². The van der Waals surface area contributed by atoms with E-state index < -0.39 is 11.8 Å². The average Bonchev–Trinajstić information content (AvgIpc) is 3.50. The Hall–Kier alpha value is -3.50. The van der Waals surface area contributed by atoms with Crippen molar-refractivity contribution in [2.75, 3.05) is 13.3 Å². The predicted molar refractivity (Wildman–Crippen MR) is 117 cm³/mol. The number of aromatic nitrogens is 3. The van der Waals surface area contributed by atoms with Crippen LogP contribution in [0.15, 0.2) is 58.9 Å². The maximum atomic E-state index is 13.0. The molecule has 3 heterocycles. The highest BCUT2D eigenvalue weighted by Crippen LogP contribution is 2.37. The van der Waals surface area contributed by atoms with E-state index in [1.54, 1.807) is 0 Å². The van der Waals surface area contributed by atoms with Gasteiger partial charge in [0.2, 0.25) is 6.79 Å². The molecule has 1 aliphatic rings. The van der Waals surface area contributed by atoms with Gasteiger partial charge in [-0.3, -0.25) is 4.57 Å². The lowest BCUT2D eigenvalue weighted by molar-refractivity contribution is 0.174. The number of H-pyrrole nitrogens is 1. The van der Waals surface area contributed by atoms with Crippen molar-refractivity contribution >= 4 is 21.4 Å². The molecule has 4 aromatic rings. The van der Waals surface area contributed by atoms with Crippen molar-refractivity contribution < 1.29 is 18.3 Å². The number of nitrogens with one attached hydrogen (secondary N) is 1. The first-order chi connectivity index (χ1) is 15.5. The van der Waals surface area contributed by atoms with Crippen LogP contribution in [0, 0.1) is 0 Å². The van der Waals surface area contributed by atoms with E-state index in [1.807, 2.05) is 36.4 Å². The van der Waals surface area contributed by atoms with E-state index in [0.717, 1.165) is 37.6 Å². The molecular formula is C22H18F2N4O3S. The van der Waals surface area contributed by atoms with Crippen LogP contribution < -0.4 is 20.9 Å². The maximum Gasteiger partial charge on any atom is 0.343 e. The zero-order valence-electron chi connectivity index (χ0n) is 16.7. The van der Waals surface area contributed by atoms with Crippen LogP contribution in [0.2, 0.25) is 0 Å². The molecule has 0 fully saturated rings. The summed E-state index contributed by atoms with van der Waals surface area (Å²) in [6.45, 7) is 0.158. The number of fused-ring (bicyclic) bond motifs is 2. The summed E-state index contributed by atoms with van der Waals surface area (Å²) in [4.78, 5) is 13.1. The molecule has 0 amide bonds. The van der Waals surface area contributed by atoms with Gasteiger partial charge in [-0.15, -0.1) is 11.3 Å². The van der Waals surface area contributed by atoms with Crippen LogP contribution in [0.5, 0.6) is 11.5 Å². The second-order valence-electron chi connectivity index (χ2n) is 7.31. The van der Waals surface area contributed by atoms with Gasteiger partial charge in [0, 0.05) is 28.1 Å². The summed E-state index contributed by atoms with van der Waals surface area (Å²) in [7, 11) is 0. The number of rotatable bonds is 6. The molecule has 32 heavy (non-hydrogen) atoms. The van der Waals surface area contributed by atoms with Crippen LogP contribution in [0.1, 0.15) is 10.7 Å². The average molecular weight is 456 g/mol. The fraction of sp³-hybridized carbons (Fsp3) is 0.182. The van der Waals surface area contributed by atoms with E-state index in [2.05, 4.69) is 16.3 Å². The molecule has 0 saturated carbocycles. The first kappa shape index (κ1) is 20.4. The number of benzene rings is 2. The molecule has 0 unspecified atom stereocenters. The van der Waals surface area contributed by atoms with Gasteiger partial charge in [-0.05, 0) is 46.8 Å². The number of halogens is 2. The number of aromatic amines is 1. The van der Waals surface area contributed by atoms with Crippen LogP contribution in [0.3, 0.4) is 0 Å². The summed E-state index contributed by atoms with van der Waals surface area (Å²) in [5, 5.41) is 7.27. The van der Waals surface area contributed by atoms with Crippen molar-refractivity contribution in [2.24, 2.45) is 5.73 Å². The third kappa shape index (κ3) is 3.78. The minimum Gasteiger partial charge on any atom is -0.454 e. The predicted octanol–water partition coefficient (Wildman–Crippen LogP) is 3.88. The van der Waals surface area contributed by atoms with E-state index in [-0.39, 0.29) is 37.7 Å². The molecule has 2 aromatic carbocycles. The Bertz CT molecular complexity index is 1400. The third-order valence-electron chi connectivity index (χ3n) is 5.31. The second kappa shape index (κ2) is 8.21. The molecular weight excluding hydrogens is 438 g/mol. The number of thiophene rings is 1. The highest BCUT2D eigenvalue weighted by molar-refractivity contribution is 7.19. The largest absolute Gasteiger partial charge is 0.454 e. The summed E-state index contributed by atoms with van der Waals surface area (Å²) in [6, 6.07) is 13.9. The smallest absolute Gasteiger partial charge is 0.343 e. The van der Waals surface area contributed by atoms with Crippen LogP contribution in [-0.2, 0) is 13.0 Å². The van der Waals surface area contributed by atoms with Gasteiger partial charge in [-0.1, -0.05) is 12.1 Å². The Morgan fingerprint density at radius 3 is 2.72 bits per heavy atom. The highest BCUT2D eigenvalue weighted by Gasteiger charge is 2.16. The van der Waals surface area contributed by atoms with Crippen LogP contribution in [0.25, 0.3) is 21.2 Å². The van der Waals surface area contributed by atoms with Crippen LogP contribution in [-0.4, -0.2) is 28.1 Å². The summed E-state index contributed by atoms with van der Waals surface area (Å²) < 4.78 is 39.3. The van der Waals surface area contributed by atoms with Gasteiger partial charge in [0.15, 0.2) is 11.5 Å². The summed E-state index contributed by atoms with van der Waals surface area (Å²) in [5.41, 5.74) is 6.74. The van der Waals surface area contributed by atoms with Gasteiger partial charge in [0.05, 0.1) is 6.54 Å². The van der Waals surface area contributed by atoms with Gasteiger partial charge in [0.25, 0.3) is 6.08 Å². The van der Waals surface area contributed by atoms with Crippen LogP contribution in [0.4, 0.5) is 8.78 Å². The van der Waals surface area contributed by atoms with E-state index >= 15 is 0 Å². The minimum atomic E-state index is -1.84. The molecule has 5 rings (SSSR count). The summed E-state index contributed by atoms with van der Waals surface area (Å²) in [5.74, 6) is 1.67. The molecule has 0 saturated heterocycles. The molecule has 1 aliphatic heterocycles. The highest BCUT2D eigenvalue weighted by atomic mass is 32.1. The summed E-state index contributed by atoms with van der Waals surface area (Å²) >= 11 is 1.54. The summed E-state index contributed by atoms with van der Waals surface area (Å²) in [6.07, 6.45) is -2.02. The van der Waals surface area contributed by atoms with Crippen molar-refractivity contribution in [2.45, 2.75) is 13.0 Å². The Morgan fingerprint density at radius 2 is 1.91 bits per heavy atom. The molecule has 0 bridgehead atoms. The van der Waals surface area contributed by atoms with Crippen molar-refractivity contribution in [1.29, 1.82) is 0 Å². The quantitative estimate of drug-likeness (QED) is 0.459. The van der Waals surface area contributed by atoms with Gasteiger partial charge in [-0.2, -0.15) is 13.9 Å². The molecule has 0 radical (unpaired) electrons. The van der Waals surface area contributed by atoms with Crippen LogP contribution >= 0.6 is 11.3 Å². The molecule has 0 aliphatic carbocycles. The lowest BCUT2D eigenvalue weighted by Gasteiger charge is -2.05. The molecule has 3 N–H and O–H groups in total. The van der Waals surface area contributed by atoms with E-state index in [1.165, 1.54) is 15.9 Å². The van der Waals surface area contributed by atoms with Gasteiger partial charge >= 0.3 is 5.69 Å². The van der Waals surface area contributed by atoms with Gasteiger partial charge < -0.3 is 15.2 Å². The maximum absolute atomic E-state index is 13.0. The molecule has 0 atom stereocenters. The van der Waals surface area contributed by atoms with E-state index in [4.69, 9.17) is 15.2 Å². The zero-order chi connectivity index (χ0) is 22.2. The fourth-order valence-electron chi connectivity index (χ4n) is 3.64. The van der Waals surface area contributed by atoms with Crippen molar-refractivity contribution in [3.8, 4) is 22.6 Å². The normalized spacial score (nSPS) is 12.5. The zero-order valence-corrected chi connectivity index (χ0v) is 17.5. The number of ether oxygens (including phenoxy) is 2. The molecule has 10 heteroatoms. The Morgan fingerprint density at radius 1 is 1.12 bits per heavy atom. The Balaban J connectivity index is 1.44. The van der Waals surface area contributed by atoms with E-state index in [0.29, 0.717) is 0 Å². The standard InChI is InChI=1S/C22H18F2N4O3S/c23-21(24)15(9-25)8-20-26-27-22(29)28(20)10-16-6-14-5-12(2-4-19(14)32-16)13-1-3-17-18(7-13)31-11-30-17/h1-7H,8-11,25H2,(H,27,29). The number of nitrogens with zero attached hydrogens (tertiary/aromatic N) is 2. The number of hydrogen-bond acceptors (Lipinski definition) is 6. The first-order valence-electron chi connectivity index (χ1n) is 9.81. The molecule has 2 aromatic heterocycles. The molecule has 164 valence electrons. The minimum absolute atomic E-state index is 0.184. The van der Waals surface area contributed by atoms with Gasteiger partial charge in [0.1, 0.15) is 5.82 Å². The monoisotopic (exact) mass is 456 g/mol. The topological polar surface area (TPSA) is 95.2 Å². The van der Waals surface area contributed by atoms with Crippen molar-refractivity contribution in [3.05, 3.63) is 75.3 Å². The lowest BCUT2D eigenvalue weighted by atomic mass is 10.0. The third-order valence-corrected chi connectivity index (χ3v) is 6.41. The number of hydrogen-bond donors (Lipinski definition) is 2. The molecule has 0 spiro atoms. The SMILES string of the molecule is NCC(Cc1n[nH]c(=O)n1Cc1cc2cc(-c3ccc4c(c3)OCO4)ccc2s1)=C(F)F. The number of nitrogens with two attached hydrogens (primary N) is 1.